The Kier molecular flexibility index (Phi) is 4.07. The predicted molar refractivity (Wildman–Crippen MR) is 57.2 cm³/mol. The summed E-state index contributed by atoms with van der Waals surface area (Å²) >= 11 is 1.80. The number of thioether (sulfide) groups is 1. The van der Waals surface area contributed by atoms with E-state index in [0.717, 1.165) is 18.6 Å². The number of aliphatic hydroxyl groups excluding tert-OH is 1. The van der Waals surface area contributed by atoms with E-state index < -0.39 is 0 Å². The number of hydrogen-bond acceptors (Lipinski definition) is 3. The number of aliphatic hydroxyl groups is 1. The van der Waals surface area contributed by atoms with Gasteiger partial charge in [0.25, 0.3) is 0 Å². The zero-order valence-corrected chi connectivity index (χ0v) is 9.56. The van der Waals surface area contributed by atoms with Crippen LogP contribution in [0, 0.1) is 0 Å². The van der Waals surface area contributed by atoms with Gasteiger partial charge in [0, 0.05) is 11.0 Å². The van der Waals surface area contributed by atoms with Crippen LogP contribution in [0.4, 0.5) is 0 Å². The molecule has 13 heavy (non-hydrogen) atoms. The first-order chi connectivity index (χ1) is 6.03. The molecule has 2 nitrogen and oxygen atoms in total. The van der Waals surface area contributed by atoms with Crippen molar-refractivity contribution >= 4 is 11.8 Å². The lowest BCUT2D eigenvalue weighted by atomic mass is 10.1. The first-order valence-electron chi connectivity index (χ1n) is 4.94. The van der Waals surface area contributed by atoms with E-state index >= 15 is 0 Å². The fourth-order valence-corrected chi connectivity index (χ4v) is 2.40. The van der Waals surface area contributed by atoms with Crippen molar-refractivity contribution in [2.24, 2.45) is 0 Å². The van der Waals surface area contributed by atoms with Gasteiger partial charge in [-0.25, -0.2) is 0 Å². The van der Waals surface area contributed by atoms with Gasteiger partial charge in [-0.15, -0.1) is 0 Å². The summed E-state index contributed by atoms with van der Waals surface area (Å²) in [6.45, 7) is 6.60. The van der Waals surface area contributed by atoms with Gasteiger partial charge in [-0.2, -0.15) is 11.8 Å². The average molecular weight is 204 g/mol. The third-order valence-electron chi connectivity index (χ3n) is 2.38. The molecule has 2 atom stereocenters. The van der Waals surface area contributed by atoms with Crippen molar-refractivity contribution in [3.05, 3.63) is 0 Å². The zero-order valence-electron chi connectivity index (χ0n) is 8.75. The number of hydrogen-bond donors (Lipinski definition) is 1. The van der Waals surface area contributed by atoms with Crippen LogP contribution in [0.3, 0.4) is 0 Å². The van der Waals surface area contributed by atoms with Crippen LogP contribution >= 0.6 is 11.8 Å². The summed E-state index contributed by atoms with van der Waals surface area (Å²) in [5.41, 5.74) is 0.0771. The lowest BCUT2D eigenvalue weighted by Crippen LogP contribution is -2.21. The topological polar surface area (TPSA) is 29.5 Å². The Morgan fingerprint density at radius 1 is 1.62 bits per heavy atom. The molecular formula is C10H20O2S. The van der Waals surface area contributed by atoms with Crippen molar-refractivity contribution in [2.45, 2.75) is 50.6 Å². The largest absolute Gasteiger partial charge is 0.395 e. The number of rotatable bonds is 4. The molecule has 1 rings (SSSR count). The quantitative estimate of drug-likeness (QED) is 0.760. The van der Waals surface area contributed by atoms with E-state index in [9.17, 15) is 0 Å². The van der Waals surface area contributed by atoms with Gasteiger partial charge in [0.15, 0.2) is 0 Å². The monoisotopic (exact) mass is 204 g/mol. The molecule has 0 amide bonds. The zero-order chi connectivity index (χ0) is 9.90. The van der Waals surface area contributed by atoms with Crippen LogP contribution in [0.25, 0.3) is 0 Å². The predicted octanol–water partition coefficient (Wildman–Crippen LogP) is 2.06. The molecule has 0 bridgehead atoms. The molecule has 1 heterocycles. The molecule has 0 saturated carbocycles. The minimum absolute atomic E-state index is 0.0771. The third kappa shape index (κ3) is 3.88. The Bertz CT molecular complexity index is 159. The smallest absolute Gasteiger partial charge is 0.0673 e. The van der Waals surface area contributed by atoms with Crippen molar-refractivity contribution in [2.75, 3.05) is 12.4 Å². The second kappa shape index (κ2) is 4.67. The Morgan fingerprint density at radius 2 is 2.31 bits per heavy atom. The van der Waals surface area contributed by atoms with Crippen molar-refractivity contribution in [1.29, 1.82) is 0 Å². The van der Waals surface area contributed by atoms with Crippen molar-refractivity contribution < 1.29 is 9.84 Å². The van der Waals surface area contributed by atoms with E-state index in [-0.39, 0.29) is 12.2 Å². The standard InChI is InChI=1S/C10H20O2S/c1-8(6-11)13-7-9-4-5-10(2,3)12-9/h8-9,11H,4-7H2,1-3H3. The first kappa shape index (κ1) is 11.3. The van der Waals surface area contributed by atoms with E-state index in [2.05, 4.69) is 13.8 Å². The summed E-state index contributed by atoms with van der Waals surface area (Å²) in [7, 11) is 0. The molecule has 78 valence electrons. The summed E-state index contributed by atoms with van der Waals surface area (Å²) in [6.07, 6.45) is 2.72. The highest BCUT2D eigenvalue weighted by Gasteiger charge is 2.31. The van der Waals surface area contributed by atoms with Crippen LogP contribution in [0.1, 0.15) is 33.6 Å². The second-order valence-electron chi connectivity index (χ2n) is 4.36. The lowest BCUT2D eigenvalue weighted by molar-refractivity contribution is -0.00471. The van der Waals surface area contributed by atoms with Gasteiger partial charge in [-0.1, -0.05) is 6.92 Å². The molecule has 0 aromatic rings. The van der Waals surface area contributed by atoms with Gasteiger partial charge < -0.3 is 9.84 Å². The SMILES string of the molecule is CC(CO)SCC1CCC(C)(C)O1. The van der Waals surface area contributed by atoms with Crippen LogP contribution in [-0.4, -0.2) is 34.4 Å². The van der Waals surface area contributed by atoms with Crippen LogP contribution in [0.5, 0.6) is 0 Å². The fraction of sp³-hybridized carbons (Fsp3) is 1.00. The molecule has 0 aliphatic carbocycles. The van der Waals surface area contributed by atoms with Gasteiger partial charge in [-0.05, 0) is 26.7 Å². The van der Waals surface area contributed by atoms with Crippen molar-refractivity contribution in [3.63, 3.8) is 0 Å². The van der Waals surface area contributed by atoms with Crippen molar-refractivity contribution in [1.82, 2.24) is 0 Å². The maximum absolute atomic E-state index is 8.85. The Balaban J connectivity index is 2.17. The van der Waals surface area contributed by atoms with E-state index in [1.165, 1.54) is 0 Å². The minimum atomic E-state index is 0.0771. The van der Waals surface area contributed by atoms with E-state index in [1.54, 1.807) is 11.8 Å². The average Bonchev–Trinajstić information content (AvgIpc) is 2.41. The summed E-state index contributed by atoms with van der Waals surface area (Å²) in [6, 6.07) is 0. The molecule has 2 unspecified atom stereocenters. The Hall–Kier alpha value is 0.270. The maximum Gasteiger partial charge on any atom is 0.0673 e. The van der Waals surface area contributed by atoms with E-state index in [1.807, 2.05) is 6.92 Å². The molecule has 1 saturated heterocycles. The van der Waals surface area contributed by atoms with E-state index in [4.69, 9.17) is 9.84 Å². The number of ether oxygens (including phenoxy) is 1. The highest BCUT2D eigenvalue weighted by molar-refractivity contribution is 7.99. The molecule has 1 fully saturated rings. The van der Waals surface area contributed by atoms with Gasteiger partial charge in [0.1, 0.15) is 0 Å². The molecule has 0 aromatic heterocycles. The summed E-state index contributed by atoms with van der Waals surface area (Å²) in [5.74, 6) is 1.02. The molecule has 1 N–H and O–H groups in total. The van der Waals surface area contributed by atoms with Gasteiger partial charge in [0.2, 0.25) is 0 Å². The molecular weight excluding hydrogens is 184 g/mol. The van der Waals surface area contributed by atoms with Crippen LogP contribution < -0.4 is 0 Å². The van der Waals surface area contributed by atoms with Gasteiger partial charge >= 0.3 is 0 Å². The molecule has 0 radical (unpaired) electrons. The molecule has 0 aromatic carbocycles. The molecule has 1 aliphatic heterocycles. The highest BCUT2D eigenvalue weighted by Crippen LogP contribution is 2.31. The minimum Gasteiger partial charge on any atom is -0.395 e. The summed E-state index contributed by atoms with van der Waals surface area (Å²) < 4.78 is 5.84. The first-order valence-corrected chi connectivity index (χ1v) is 5.98. The highest BCUT2D eigenvalue weighted by atomic mass is 32.2. The molecule has 1 aliphatic rings. The normalized spacial score (nSPS) is 29.1. The summed E-state index contributed by atoms with van der Waals surface area (Å²) in [4.78, 5) is 0. The van der Waals surface area contributed by atoms with Crippen LogP contribution in [-0.2, 0) is 4.74 Å². The fourth-order valence-electron chi connectivity index (χ4n) is 1.52. The molecule has 3 heteroatoms. The lowest BCUT2D eigenvalue weighted by Gasteiger charge is -2.19. The van der Waals surface area contributed by atoms with Crippen LogP contribution in [0.2, 0.25) is 0 Å². The van der Waals surface area contributed by atoms with Crippen LogP contribution in [0.15, 0.2) is 0 Å². The Labute approximate surface area is 85.0 Å². The third-order valence-corrected chi connectivity index (χ3v) is 3.66. The summed E-state index contributed by atoms with van der Waals surface area (Å²) in [5, 5.41) is 9.19. The molecule has 0 spiro atoms. The second-order valence-corrected chi connectivity index (χ2v) is 5.84. The maximum atomic E-state index is 8.85. The van der Waals surface area contributed by atoms with E-state index in [0.29, 0.717) is 11.4 Å². The van der Waals surface area contributed by atoms with Gasteiger partial charge in [0.05, 0.1) is 18.3 Å². The van der Waals surface area contributed by atoms with Gasteiger partial charge in [-0.3, -0.25) is 0 Å². The van der Waals surface area contributed by atoms with Crippen molar-refractivity contribution in [3.8, 4) is 0 Å². The Morgan fingerprint density at radius 3 is 2.77 bits per heavy atom.